The summed E-state index contributed by atoms with van der Waals surface area (Å²) in [4.78, 5) is 2.13. The summed E-state index contributed by atoms with van der Waals surface area (Å²) in [5.41, 5.74) is 7.94. The zero-order valence-electron chi connectivity index (χ0n) is 13.2. The van der Waals surface area contributed by atoms with Crippen LogP contribution in [0.5, 0.6) is 0 Å². The molecular weight excluding hydrogens is 271 g/mol. The number of halogens is 1. The van der Waals surface area contributed by atoms with Crippen LogP contribution in [-0.4, -0.2) is 36.5 Å². The predicted octanol–water partition coefficient (Wildman–Crippen LogP) is 2.13. The zero-order valence-corrected chi connectivity index (χ0v) is 13.2. The first-order chi connectivity index (χ1) is 9.73. The molecule has 0 saturated carbocycles. The maximum atomic E-state index is 13.8. The lowest BCUT2D eigenvalue weighted by molar-refractivity contribution is -0.101. The summed E-state index contributed by atoms with van der Waals surface area (Å²) in [5, 5.41) is 9.43. The molecule has 1 heterocycles. The van der Waals surface area contributed by atoms with Crippen LogP contribution in [0.1, 0.15) is 37.9 Å². The van der Waals surface area contributed by atoms with Crippen molar-refractivity contribution in [3.05, 3.63) is 29.1 Å². The molecule has 0 aromatic heterocycles. The topological polar surface area (TPSA) is 58.7 Å². The van der Waals surface area contributed by atoms with Crippen molar-refractivity contribution in [1.29, 1.82) is 0 Å². The molecule has 2 atom stereocenters. The molecule has 1 aromatic rings. The molecule has 1 aliphatic rings. The van der Waals surface area contributed by atoms with Gasteiger partial charge in [-0.1, -0.05) is 0 Å². The highest BCUT2D eigenvalue weighted by Crippen LogP contribution is 2.32. The van der Waals surface area contributed by atoms with E-state index in [9.17, 15) is 9.50 Å². The number of aryl methyl sites for hydroxylation is 1. The second-order valence-corrected chi connectivity index (χ2v) is 6.51. The van der Waals surface area contributed by atoms with Crippen LogP contribution in [0.2, 0.25) is 0 Å². The third-order valence-electron chi connectivity index (χ3n) is 3.82. The Morgan fingerprint density at radius 3 is 2.76 bits per heavy atom. The normalized spacial score (nSPS) is 23.2. The predicted molar refractivity (Wildman–Crippen MR) is 82.0 cm³/mol. The van der Waals surface area contributed by atoms with E-state index in [0.29, 0.717) is 18.7 Å². The molecular formula is C16H25FN2O2. The molecule has 4 nitrogen and oxygen atoms in total. The Bertz CT molecular complexity index is 517. The molecule has 21 heavy (non-hydrogen) atoms. The molecule has 5 heteroatoms. The number of hydrogen-bond acceptors (Lipinski definition) is 4. The van der Waals surface area contributed by atoms with Crippen LogP contribution in [0.25, 0.3) is 0 Å². The molecule has 3 N–H and O–H groups in total. The summed E-state index contributed by atoms with van der Waals surface area (Å²) >= 11 is 0. The van der Waals surface area contributed by atoms with Gasteiger partial charge < -0.3 is 20.5 Å². The van der Waals surface area contributed by atoms with Crippen molar-refractivity contribution in [2.24, 2.45) is 5.73 Å². The molecule has 1 fully saturated rings. The number of hydrogen-bond donors (Lipinski definition) is 2. The maximum absolute atomic E-state index is 13.8. The van der Waals surface area contributed by atoms with E-state index in [4.69, 9.17) is 10.5 Å². The number of aliphatic hydroxyl groups excluding tert-OH is 1. The Morgan fingerprint density at radius 1 is 1.52 bits per heavy atom. The second-order valence-electron chi connectivity index (χ2n) is 6.51. The van der Waals surface area contributed by atoms with Gasteiger partial charge in [-0.15, -0.1) is 0 Å². The van der Waals surface area contributed by atoms with E-state index < -0.39 is 0 Å². The van der Waals surface area contributed by atoms with E-state index in [1.54, 1.807) is 6.92 Å². The highest BCUT2D eigenvalue weighted by Gasteiger charge is 2.34. The van der Waals surface area contributed by atoms with Crippen molar-refractivity contribution in [3.63, 3.8) is 0 Å². The minimum atomic E-state index is -0.372. The van der Waals surface area contributed by atoms with Gasteiger partial charge in [-0.3, -0.25) is 0 Å². The average molecular weight is 296 g/mol. The van der Waals surface area contributed by atoms with Crippen LogP contribution in [0.3, 0.4) is 0 Å². The quantitative estimate of drug-likeness (QED) is 0.897. The highest BCUT2D eigenvalue weighted by atomic mass is 19.1. The van der Waals surface area contributed by atoms with Crippen LogP contribution in [-0.2, 0) is 4.74 Å². The third kappa shape index (κ3) is 3.54. The number of aliphatic hydroxyl groups is 1. The number of morpholine rings is 1. The molecule has 1 aromatic carbocycles. The van der Waals surface area contributed by atoms with Gasteiger partial charge in [-0.2, -0.15) is 0 Å². The Kier molecular flexibility index (Phi) is 4.56. The lowest BCUT2D eigenvalue weighted by Crippen LogP contribution is -2.54. The van der Waals surface area contributed by atoms with Crippen LogP contribution < -0.4 is 10.6 Å². The largest absolute Gasteiger partial charge is 0.394 e. The molecule has 118 valence electrons. The van der Waals surface area contributed by atoms with Crippen molar-refractivity contribution in [2.75, 3.05) is 24.6 Å². The van der Waals surface area contributed by atoms with Crippen molar-refractivity contribution >= 4 is 5.69 Å². The number of nitrogens with two attached hydrogens (primary N) is 1. The molecule has 0 aliphatic carbocycles. The lowest BCUT2D eigenvalue weighted by atomic mass is 9.99. The SMILES string of the molecule is Cc1cc(N2CC(CO)OC(C)(C)C2)c([C@@H](C)N)cc1F. The number of nitrogens with zero attached hydrogens (tertiary/aromatic N) is 1. The molecule has 1 unspecified atom stereocenters. The van der Waals surface area contributed by atoms with Crippen LogP contribution >= 0.6 is 0 Å². The first-order valence-corrected chi connectivity index (χ1v) is 7.33. The zero-order chi connectivity index (χ0) is 15.8. The van der Waals surface area contributed by atoms with Crippen LogP contribution in [0.15, 0.2) is 12.1 Å². The summed E-state index contributed by atoms with van der Waals surface area (Å²) in [5.74, 6) is -0.239. The number of anilines is 1. The minimum absolute atomic E-state index is 0.0341. The molecule has 1 saturated heterocycles. The van der Waals surface area contributed by atoms with Gasteiger partial charge in [0.25, 0.3) is 0 Å². The van der Waals surface area contributed by atoms with E-state index >= 15 is 0 Å². The first-order valence-electron chi connectivity index (χ1n) is 7.33. The molecule has 0 amide bonds. The summed E-state index contributed by atoms with van der Waals surface area (Å²) in [6.45, 7) is 8.79. The molecule has 0 radical (unpaired) electrons. The van der Waals surface area contributed by atoms with Gasteiger partial charge in [-0.05, 0) is 51.0 Å². The Balaban J connectivity index is 2.42. The van der Waals surface area contributed by atoms with Gasteiger partial charge in [0, 0.05) is 24.8 Å². The van der Waals surface area contributed by atoms with Gasteiger partial charge in [-0.25, -0.2) is 4.39 Å². The third-order valence-corrected chi connectivity index (χ3v) is 3.82. The Hall–Kier alpha value is -1.17. The summed E-state index contributed by atoms with van der Waals surface area (Å²) in [6, 6.07) is 3.10. The summed E-state index contributed by atoms with van der Waals surface area (Å²) < 4.78 is 19.7. The Labute approximate surface area is 125 Å². The van der Waals surface area contributed by atoms with Crippen molar-refractivity contribution in [1.82, 2.24) is 0 Å². The van der Waals surface area contributed by atoms with E-state index in [1.165, 1.54) is 6.07 Å². The molecule has 0 spiro atoms. The van der Waals surface area contributed by atoms with Gasteiger partial charge in [0.05, 0.1) is 18.3 Å². The number of ether oxygens (including phenoxy) is 1. The fourth-order valence-corrected chi connectivity index (χ4v) is 2.89. The van der Waals surface area contributed by atoms with Gasteiger partial charge >= 0.3 is 0 Å². The van der Waals surface area contributed by atoms with E-state index in [1.807, 2.05) is 26.8 Å². The lowest BCUT2D eigenvalue weighted by Gasteiger charge is -2.44. The Morgan fingerprint density at radius 2 is 2.19 bits per heavy atom. The molecule has 2 rings (SSSR count). The highest BCUT2D eigenvalue weighted by molar-refractivity contribution is 5.57. The number of benzene rings is 1. The first kappa shape index (κ1) is 16.2. The fourth-order valence-electron chi connectivity index (χ4n) is 2.89. The number of rotatable bonds is 3. The van der Waals surface area contributed by atoms with E-state index in [2.05, 4.69) is 4.90 Å². The minimum Gasteiger partial charge on any atom is -0.394 e. The average Bonchev–Trinajstić information content (AvgIpc) is 2.39. The van der Waals surface area contributed by atoms with E-state index in [-0.39, 0.29) is 30.2 Å². The smallest absolute Gasteiger partial charge is 0.126 e. The standard InChI is InChI=1S/C16H25FN2O2/c1-10-5-15(13(11(2)18)6-14(10)17)19-7-12(8-20)21-16(3,4)9-19/h5-6,11-12,20H,7-9,18H2,1-4H3/t11-,12?/m1/s1. The van der Waals surface area contributed by atoms with Crippen molar-refractivity contribution < 1.29 is 14.2 Å². The van der Waals surface area contributed by atoms with Crippen LogP contribution in [0, 0.1) is 12.7 Å². The molecule has 1 aliphatic heterocycles. The van der Waals surface area contributed by atoms with Crippen molar-refractivity contribution in [2.45, 2.75) is 45.4 Å². The fraction of sp³-hybridized carbons (Fsp3) is 0.625. The summed E-state index contributed by atoms with van der Waals surface area (Å²) in [6.07, 6.45) is -0.250. The van der Waals surface area contributed by atoms with Gasteiger partial charge in [0.1, 0.15) is 5.82 Å². The van der Waals surface area contributed by atoms with Gasteiger partial charge in [0.2, 0.25) is 0 Å². The van der Waals surface area contributed by atoms with Crippen LogP contribution in [0.4, 0.5) is 10.1 Å². The van der Waals surface area contributed by atoms with Gasteiger partial charge in [0.15, 0.2) is 0 Å². The summed E-state index contributed by atoms with van der Waals surface area (Å²) in [7, 11) is 0. The maximum Gasteiger partial charge on any atom is 0.126 e. The monoisotopic (exact) mass is 296 g/mol. The molecule has 0 bridgehead atoms. The van der Waals surface area contributed by atoms with E-state index in [0.717, 1.165) is 11.3 Å². The van der Waals surface area contributed by atoms with Crippen molar-refractivity contribution in [3.8, 4) is 0 Å². The second kappa shape index (κ2) is 5.91.